The van der Waals surface area contributed by atoms with Gasteiger partial charge in [-0.2, -0.15) is 0 Å². The van der Waals surface area contributed by atoms with Crippen molar-refractivity contribution in [2.24, 2.45) is 0 Å². The molecular weight excluding hydrogens is 350 g/mol. The number of aromatic amines is 1. The SMILES string of the molecule is CNS(=O)(=O)c1cc(NC(=O)c2ccc3[nH]c(C)c(C)c3c2)ccc1C. The summed E-state index contributed by atoms with van der Waals surface area (Å²) in [5.74, 6) is -0.290. The molecule has 0 radical (unpaired) electrons. The van der Waals surface area contributed by atoms with Crippen LogP contribution in [0.3, 0.4) is 0 Å². The maximum atomic E-state index is 12.6. The van der Waals surface area contributed by atoms with E-state index in [1.807, 2.05) is 26.0 Å². The van der Waals surface area contributed by atoms with E-state index in [1.54, 1.807) is 25.1 Å². The van der Waals surface area contributed by atoms with Crippen molar-refractivity contribution in [2.75, 3.05) is 12.4 Å². The number of carbonyl (C=O) groups excluding carboxylic acids is 1. The molecule has 3 N–H and O–H groups in total. The third-order valence-electron chi connectivity index (χ3n) is 4.57. The lowest BCUT2D eigenvalue weighted by atomic mass is 10.1. The number of amides is 1. The van der Waals surface area contributed by atoms with Gasteiger partial charge in [0.25, 0.3) is 5.91 Å². The average molecular weight is 371 g/mol. The number of anilines is 1. The number of carbonyl (C=O) groups is 1. The summed E-state index contributed by atoms with van der Waals surface area (Å²) in [5, 5.41) is 3.77. The summed E-state index contributed by atoms with van der Waals surface area (Å²) in [6.45, 7) is 5.70. The summed E-state index contributed by atoms with van der Waals surface area (Å²) in [4.78, 5) is 16.0. The van der Waals surface area contributed by atoms with E-state index in [0.717, 1.165) is 22.2 Å². The van der Waals surface area contributed by atoms with Crippen LogP contribution in [-0.2, 0) is 10.0 Å². The highest BCUT2D eigenvalue weighted by Gasteiger charge is 2.16. The number of sulfonamides is 1. The van der Waals surface area contributed by atoms with Crippen molar-refractivity contribution in [3.05, 3.63) is 58.8 Å². The Labute approximate surface area is 152 Å². The summed E-state index contributed by atoms with van der Waals surface area (Å²) in [6.07, 6.45) is 0. The van der Waals surface area contributed by atoms with Crippen LogP contribution in [-0.4, -0.2) is 26.4 Å². The van der Waals surface area contributed by atoms with E-state index in [1.165, 1.54) is 13.1 Å². The molecule has 0 aliphatic heterocycles. The fraction of sp³-hybridized carbons (Fsp3) is 0.211. The van der Waals surface area contributed by atoms with Crippen LogP contribution >= 0.6 is 0 Å². The second-order valence-electron chi connectivity index (χ2n) is 6.28. The van der Waals surface area contributed by atoms with E-state index < -0.39 is 10.0 Å². The zero-order valence-electron chi connectivity index (χ0n) is 15.1. The Hall–Kier alpha value is -2.64. The number of hydrogen-bond acceptors (Lipinski definition) is 3. The molecule has 6 nitrogen and oxygen atoms in total. The van der Waals surface area contributed by atoms with Gasteiger partial charge in [-0.15, -0.1) is 0 Å². The van der Waals surface area contributed by atoms with Crippen LogP contribution in [0.25, 0.3) is 10.9 Å². The van der Waals surface area contributed by atoms with Gasteiger partial charge in [-0.3, -0.25) is 4.79 Å². The molecule has 26 heavy (non-hydrogen) atoms. The van der Waals surface area contributed by atoms with Crippen LogP contribution in [0.2, 0.25) is 0 Å². The maximum absolute atomic E-state index is 12.6. The molecule has 136 valence electrons. The fourth-order valence-corrected chi connectivity index (χ4v) is 3.88. The van der Waals surface area contributed by atoms with Crippen LogP contribution in [0.15, 0.2) is 41.3 Å². The third-order valence-corrected chi connectivity index (χ3v) is 6.13. The Bertz CT molecular complexity index is 1110. The van der Waals surface area contributed by atoms with E-state index in [0.29, 0.717) is 16.8 Å². The molecule has 0 fully saturated rings. The molecule has 1 amide bonds. The predicted octanol–water partition coefficient (Wildman–Crippen LogP) is 3.25. The summed E-state index contributed by atoms with van der Waals surface area (Å²) >= 11 is 0. The molecule has 0 aliphatic carbocycles. The van der Waals surface area contributed by atoms with Crippen LogP contribution in [0, 0.1) is 20.8 Å². The average Bonchev–Trinajstić information content (AvgIpc) is 2.90. The first-order valence-corrected chi connectivity index (χ1v) is 9.65. The number of hydrogen-bond donors (Lipinski definition) is 3. The van der Waals surface area contributed by atoms with E-state index >= 15 is 0 Å². The van der Waals surface area contributed by atoms with Gasteiger partial charge in [0.2, 0.25) is 10.0 Å². The molecule has 0 saturated heterocycles. The molecule has 0 bridgehead atoms. The lowest BCUT2D eigenvalue weighted by molar-refractivity contribution is 0.102. The molecule has 7 heteroatoms. The maximum Gasteiger partial charge on any atom is 0.255 e. The Morgan fingerprint density at radius 1 is 1.04 bits per heavy atom. The van der Waals surface area contributed by atoms with Crippen LogP contribution in [0.1, 0.15) is 27.2 Å². The highest BCUT2D eigenvalue weighted by atomic mass is 32.2. The molecule has 0 spiro atoms. The van der Waals surface area contributed by atoms with Crippen molar-refractivity contribution in [1.29, 1.82) is 0 Å². The molecule has 3 rings (SSSR count). The zero-order valence-corrected chi connectivity index (χ0v) is 15.9. The number of rotatable bonds is 4. The van der Waals surface area contributed by atoms with Gasteiger partial charge in [-0.05, 0) is 69.3 Å². The zero-order chi connectivity index (χ0) is 19.1. The normalized spacial score (nSPS) is 11.7. The van der Waals surface area contributed by atoms with E-state index in [-0.39, 0.29) is 10.8 Å². The van der Waals surface area contributed by atoms with Gasteiger partial charge >= 0.3 is 0 Å². The minimum Gasteiger partial charge on any atom is -0.358 e. The van der Waals surface area contributed by atoms with Gasteiger partial charge in [0.05, 0.1) is 4.90 Å². The molecular formula is C19H21N3O3S. The summed E-state index contributed by atoms with van der Waals surface area (Å²) in [5.41, 5.74) is 4.70. The Morgan fingerprint density at radius 3 is 2.46 bits per heavy atom. The van der Waals surface area contributed by atoms with Crippen LogP contribution in [0.5, 0.6) is 0 Å². The third kappa shape index (κ3) is 3.23. The van der Waals surface area contributed by atoms with Crippen LogP contribution < -0.4 is 10.0 Å². The Kier molecular flexibility index (Phi) is 4.60. The minimum absolute atomic E-state index is 0.144. The molecule has 3 aromatic rings. The van der Waals surface area contributed by atoms with E-state index in [4.69, 9.17) is 0 Å². The number of benzene rings is 2. The van der Waals surface area contributed by atoms with Crippen LogP contribution in [0.4, 0.5) is 5.69 Å². The molecule has 1 heterocycles. The fourth-order valence-electron chi connectivity index (χ4n) is 2.88. The molecule has 2 aromatic carbocycles. The second-order valence-corrected chi connectivity index (χ2v) is 8.13. The lowest BCUT2D eigenvalue weighted by Gasteiger charge is -2.10. The van der Waals surface area contributed by atoms with Crippen molar-refractivity contribution in [1.82, 2.24) is 9.71 Å². The smallest absolute Gasteiger partial charge is 0.255 e. The summed E-state index contributed by atoms with van der Waals surface area (Å²) in [7, 11) is -2.23. The van der Waals surface area contributed by atoms with E-state index in [2.05, 4.69) is 15.0 Å². The molecule has 0 atom stereocenters. The number of aromatic nitrogens is 1. The van der Waals surface area contributed by atoms with Gasteiger partial charge in [-0.25, -0.2) is 13.1 Å². The standard InChI is InChI=1S/C19H21N3O3S/c1-11-5-7-15(10-18(11)26(24,25)20-4)22-19(23)14-6-8-17-16(9-14)12(2)13(3)21-17/h5-10,20-21H,1-4H3,(H,22,23). The van der Waals surface area contributed by atoms with Gasteiger partial charge in [0.15, 0.2) is 0 Å². The first-order chi connectivity index (χ1) is 12.2. The van der Waals surface area contributed by atoms with Gasteiger partial charge in [0.1, 0.15) is 0 Å². The molecule has 0 saturated carbocycles. The van der Waals surface area contributed by atoms with E-state index in [9.17, 15) is 13.2 Å². The number of fused-ring (bicyclic) bond motifs is 1. The van der Waals surface area contributed by atoms with Crippen molar-refractivity contribution in [2.45, 2.75) is 25.7 Å². The van der Waals surface area contributed by atoms with Gasteiger partial charge in [-0.1, -0.05) is 6.07 Å². The number of H-pyrrole nitrogens is 1. The summed E-state index contributed by atoms with van der Waals surface area (Å²) in [6, 6.07) is 10.3. The lowest BCUT2D eigenvalue weighted by Crippen LogP contribution is -2.20. The topological polar surface area (TPSA) is 91.1 Å². The monoisotopic (exact) mass is 371 g/mol. The number of aryl methyl sites for hydroxylation is 3. The first-order valence-electron chi connectivity index (χ1n) is 8.17. The largest absolute Gasteiger partial charge is 0.358 e. The molecule has 1 aromatic heterocycles. The Balaban J connectivity index is 1.93. The quantitative estimate of drug-likeness (QED) is 0.657. The predicted molar refractivity (Wildman–Crippen MR) is 103 cm³/mol. The van der Waals surface area contributed by atoms with Gasteiger partial charge < -0.3 is 10.3 Å². The second kappa shape index (κ2) is 6.59. The van der Waals surface area contributed by atoms with Crippen molar-refractivity contribution >= 4 is 32.5 Å². The van der Waals surface area contributed by atoms with Crippen molar-refractivity contribution in [3.63, 3.8) is 0 Å². The highest BCUT2D eigenvalue weighted by Crippen LogP contribution is 2.24. The first kappa shape index (κ1) is 18.2. The highest BCUT2D eigenvalue weighted by molar-refractivity contribution is 7.89. The Morgan fingerprint density at radius 2 is 1.77 bits per heavy atom. The van der Waals surface area contributed by atoms with Gasteiger partial charge in [0, 0.05) is 27.8 Å². The molecule has 0 unspecified atom stereocenters. The van der Waals surface area contributed by atoms with Crippen molar-refractivity contribution in [3.8, 4) is 0 Å². The summed E-state index contributed by atoms with van der Waals surface area (Å²) < 4.78 is 26.5. The molecule has 0 aliphatic rings. The number of nitrogens with one attached hydrogen (secondary N) is 3. The minimum atomic E-state index is -3.59. The van der Waals surface area contributed by atoms with Crippen molar-refractivity contribution < 1.29 is 13.2 Å².